The van der Waals surface area contributed by atoms with Crippen molar-refractivity contribution in [2.24, 2.45) is 0 Å². The number of nitrogens with zero attached hydrogens (tertiary/aromatic N) is 2. The highest BCUT2D eigenvalue weighted by molar-refractivity contribution is 7.46. The van der Waals surface area contributed by atoms with Gasteiger partial charge in [0, 0.05) is 39.8 Å². The lowest BCUT2D eigenvalue weighted by molar-refractivity contribution is -0.304. The van der Waals surface area contributed by atoms with Gasteiger partial charge in [-0.3, -0.25) is 47.4 Å². The standard InChI is InChI=1S/C72H134N6O24P2/c1-7-11-15-19-23-27-31-35-39-43-57(80)73-49-63(86)100-69-65(75-59(82)51-77(5)61(84)45-41-37-33-29-25-21-17-13-9-3)71(95-47-48-97-103(89,90)91)99-56(67(69)88)54-96-72-66(76-60(83)52-78(6)62(85)46-42-38-34-30-26-22-18-14-10-4)70(68(55(53-79)98-72)102-104(92,93)94)101-64(87)50-74-58(81)44-40-36-32-28-24-20-16-12-8-2/h55-56,65-72,79,88H,7-54H2,1-6H3,(H,73,80)(H,74,81)(H,75,82)(H,76,83)(H2,89,90,91)(H2,92,93,94)/t55-,56-,65-,66-,67-,68-,69-,70-,71+,72-/m1/s1. The van der Waals surface area contributed by atoms with Crippen LogP contribution in [-0.4, -0.2) is 215 Å². The van der Waals surface area contributed by atoms with Gasteiger partial charge in [0.1, 0.15) is 49.6 Å². The van der Waals surface area contributed by atoms with E-state index in [9.17, 15) is 77.3 Å². The Bertz CT molecular complexity index is 2480. The zero-order chi connectivity index (χ0) is 77.0. The topological polar surface area (TPSA) is 421 Å². The summed E-state index contributed by atoms with van der Waals surface area (Å²) < 4.78 is 70.5. The number of hydrogen-bond acceptors (Lipinski definition) is 20. The third-order valence-electron chi connectivity index (χ3n) is 18.5. The van der Waals surface area contributed by atoms with Crippen LogP contribution in [0.5, 0.6) is 0 Å². The van der Waals surface area contributed by atoms with Crippen LogP contribution in [0.25, 0.3) is 0 Å². The molecule has 6 amide bonds. The molecule has 2 heterocycles. The number of aliphatic hydroxyl groups is 2. The molecule has 10 N–H and O–H groups in total. The van der Waals surface area contributed by atoms with E-state index in [4.69, 9.17) is 32.9 Å². The van der Waals surface area contributed by atoms with E-state index in [1.54, 1.807) is 0 Å². The molecular weight excluding hydrogens is 1390 g/mol. The summed E-state index contributed by atoms with van der Waals surface area (Å²) in [7, 11) is -7.94. The van der Waals surface area contributed by atoms with Crippen molar-refractivity contribution in [2.75, 3.05) is 66.7 Å². The van der Waals surface area contributed by atoms with Crippen LogP contribution in [0.3, 0.4) is 0 Å². The van der Waals surface area contributed by atoms with E-state index in [0.29, 0.717) is 25.7 Å². The smallest absolute Gasteiger partial charge is 0.456 e. The number of amides is 6. The first kappa shape index (κ1) is 95.8. The lowest BCUT2D eigenvalue weighted by Gasteiger charge is -2.47. The summed E-state index contributed by atoms with van der Waals surface area (Å²) in [6.07, 6.45) is 20.5. The average molecular weight is 1530 g/mol. The van der Waals surface area contributed by atoms with E-state index < -0.39 is 171 Å². The van der Waals surface area contributed by atoms with Gasteiger partial charge >= 0.3 is 27.6 Å². The van der Waals surface area contributed by atoms with Crippen LogP contribution in [0, 0.1) is 0 Å². The minimum atomic E-state index is -5.62. The van der Waals surface area contributed by atoms with E-state index in [1.807, 2.05) is 0 Å². The van der Waals surface area contributed by atoms with Gasteiger partial charge in [0.2, 0.25) is 35.4 Å². The summed E-state index contributed by atoms with van der Waals surface area (Å²) in [5.74, 6) is -5.93. The maximum absolute atomic E-state index is 14.3. The Morgan fingerprint density at radius 3 is 1.12 bits per heavy atom. The first-order valence-corrected chi connectivity index (χ1v) is 42.1. The number of carbonyl (C=O) groups is 8. The first-order chi connectivity index (χ1) is 49.8. The summed E-state index contributed by atoms with van der Waals surface area (Å²) in [6, 6.07) is -3.62. The van der Waals surface area contributed by atoms with Crippen LogP contribution in [0.2, 0.25) is 0 Å². The lowest BCUT2D eigenvalue weighted by Crippen LogP contribution is -2.68. The number of phosphoric ester groups is 2. The number of unbranched alkanes of at least 4 members (excludes halogenated alkanes) is 32. The van der Waals surface area contributed by atoms with Crippen molar-refractivity contribution in [3.8, 4) is 0 Å². The Balaban J connectivity index is 2.62. The molecule has 0 saturated carbocycles. The van der Waals surface area contributed by atoms with Gasteiger partial charge in [-0.2, -0.15) is 0 Å². The van der Waals surface area contributed by atoms with Crippen molar-refractivity contribution in [2.45, 2.75) is 346 Å². The molecule has 104 heavy (non-hydrogen) atoms. The maximum Gasteiger partial charge on any atom is 0.470 e. The largest absolute Gasteiger partial charge is 0.470 e. The summed E-state index contributed by atoms with van der Waals surface area (Å²) in [5, 5.41) is 33.4. The summed E-state index contributed by atoms with van der Waals surface area (Å²) in [5.41, 5.74) is 0. The van der Waals surface area contributed by atoms with Gasteiger partial charge in [0.05, 0.1) is 39.5 Å². The van der Waals surface area contributed by atoms with Gasteiger partial charge in [0.15, 0.2) is 24.8 Å². The molecule has 0 radical (unpaired) electrons. The Hall–Kier alpha value is -4.26. The molecule has 0 spiro atoms. The second kappa shape index (κ2) is 57.8. The van der Waals surface area contributed by atoms with Crippen LogP contribution in [0.1, 0.15) is 285 Å². The van der Waals surface area contributed by atoms with Crippen LogP contribution < -0.4 is 21.3 Å². The number of nitrogens with one attached hydrogen (secondary N) is 4. The van der Waals surface area contributed by atoms with Crippen molar-refractivity contribution in [1.82, 2.24) is 31.1 Å². The lowest BCUT2D eigenvalue weighted by atomic mass is 9.95. The summed E-state index contributed by atoms with van der Waals surface area (Å²) in [4.78, 5) is 151. The second-order valence-electron chi connectivity index (χ2n) is 27.8. The summed E-state index contributed by atoms with van der Waals surface area (Å²) in [6.45, 7) is 2.33. The molecule has 0 unspecified atom stereocenters. The fourth-order valence-corrected chi connectivity index (χ4v) is 13.4. The fourth-order valence-electron chi connectivity index (χ4n) is 12.5. The highest BCUT2D eigenvalue weighted by Gasteiger charge is 2.54. The van der Waals surface area contributed by atoms with Gasteiger partial charge in [0.25, 0.3) is 0 Å². The molecule has 2 aliphatic rings. The predicted octanol–water partition coefficient (Wildman–Crippen LogP) is 9.04. The van der Waals surface area contributed by atoms with Crippen LogP contribution in [0.4, 0.5) is 0 Å². The molecule has 32 heteroatoms. The molecule has 2 saturated heterocycles. The van der Waals surface area contributed by atoms with Crippen molar-refractivity contribution >= 4 is 63.0 Å². The predicted molar refractivity (Wildman–Crippen MR) is 390 cm³/mol. The SMILES string of the molecule is CCCCCCCCCCCC(=O)NCC(=O)O[C@@H]1[C@@H](NC(=O)CN(C)C(=O)CCCCCCCCCCC)[C@H](OC[C@H]2O[C@H](OCCOP(=O)(O)O)[C@H](NC(=O)CN(C)C(=O)CCCCCCCCCCC)[C@@H](OC(=O)CNC(=O)CCCCCCCCCCC)[C@@H]2O)O[C@H](CO)[C@H]1OP(=O)(O)O. The van der Waals surface area contributed by atoms with Crippen molar-refractivity contribution in [3.05, 3.63) is 0 Å². The van der Waals surface area contributed by atoms with E-state index in [1.165, 1.54) is 57.5 Å². The van der Waals surface area contributed by atoms with E-state index in [-0.39, 0.29) is 31.6 Å². The molecule has 0 bridgehead atoms. The minimum absolute atomic E-state index is 0.0556. The summed E-state index contributed by atoms with van der Waals surface area (Å²) >= 11 is 0. The number of esters is 2. The van der Waals surface area contributed by atoms with Crippen LogP contribution >= 0.6 is 15.6 Å². The third kappa shape index (κ3) is 45.5. The second-order valence-corrected chi connectivity index (χ2v) is 30.2. The Labute approximate surface area is 618 Å². The number of carbonyl (C=O) groups excluding carboxylic acids is 8. The van der Waals surface area contributed by atoms with Gasteiger partial charge < -0.3 is 89.3 Å². The Morgan fingerprint density at radius 2 is 0.750 bits per heavy atom. The van der Waals surface area contributed by atoms with Gasteiger partial charge in [-0.05, 0) is 25.7 Å². The molecule has 2 aliphatic heterocycles. The van der Waals surface area contributed by atoms with E-state index in [0.717, 1.165) is 172 Å². The zero-order valence-corrected chi connectivity index (χ0v) is 65.3. The molecule has 2 fully saturated rings. The molecule has 606 valence electrons. The molecule has 0 aromatic heterocycles. The zero-order valence-electron chi connectivity index (χ0n) is 63.5. The maximum atomic E-state index is 14.3. The van der Waals surface area contributed by atoms with Crippen LogP contribution in [-0.2, 0) is 85.0 Å². The highest BCUT2D eigenvalue weighted by atomic mass is 31.2. The van der Waals surface area contributed by atoms with Gasteiger partial charge in [-0.15, -0.1) is 0 Å². The van der Waals surface area contributed by atoms with E-state index >= 15 is 0 Å². The quantitative estimate of drug-likeness (QED) is 0.0154. The molecule has 30 nitrogen and oxygen atoms in total. The minimum Gasteiger partial charge on any atom is -0.456 e. The Kier molecular flexibility index (Phi) is 53.3. The highest BCUT2D eigenvalue weighted by Crippen LogP contribution is 2.43. The number of hydrogen-bond donors (Lipinski definition) is 10. The normalized spacial score (nSPS) is 20.5. The number of phosphoric acid groups is 2. The fraction of sp³-hybridized carbons (Fsp3) is 0.889. The molecule has 0 aromatic carbocycles. The molecular formula is C72H134N6O24P2. The monoisotopic (exact) mass is 1530 g/mol. The Morgan fingerprint density at radius 1 is 0.413 bits per heavy atom. The van der Waals surface area contributed by atoms with Crippen molar-refractivity contribution < 1.29 is 115 Å². The van der Waals surface area contributed by atoms with Crippen molar-refractivity contribution in [1.29, 1.82) is 0 Å². The molecule has 0 aromatic rings. The number of aliphatic hydroxyl groups excluding tert-OH is 2. The first-order valence-electron chi connectivity index (χ1n) is 39.0. The molecule has 0 aliphatic carbocycles. The number of likely N-dealkylation sites (N-methyl/N-ethyl adjacent to an activating group) is 2. The van der Waals surface area contributed by atoms with Crippen LogP contribution in [0.15, 0.2) is 0 Å². The van der Waals surface area contributed by atoms with E-state index in [2.05, 4.69) is 53.5 Å². The number of rotatable bonds is 63. The van der Waals surface area contributed by atoms with Crippen molar-refractivity contribution in [3.63, 3.8) is 0 Å². The third-order valence-corrected chi connectivity index (χ3v) is 19.5. The molecule has 10 atom stereocenters. The number of ether oxygens (including phenoxy) is 6. The molecule has 2 rings (SSSR count). The average Bonchev–Trinajstić information content (AvgIpc) is 0.786. The van der Waals surface area contributed by atoms with Gasteiger partial charge in [-0.1, -0.05) is 233 Å². The van der Waals surface area contributed by atoms with Gasteiger partial charge in [-0.25, -0.2) is 9.13 Å².